The van der Waals surface area contributed by atoms with Crippen molar-refractivity contribution in [1.82, 2.24) is 14.3 Å². The van der Waals surface area contributed by atoms with Crippen LogP contribution in [0.5, 0.6) is 0 Å². The van der Waals surface area contributed by atoms with Crippen LogP contribution in [0.25, 0.3) is 0 Å². The Morgan fingerprint density at radius 1 is 1.31 bits per heavy atom. The number of carbonyl (C=O) groups excluding carboxylic acids is 1. The highest BCUT2D eigenvalue weighted by Crippen LogP contribution is 2.17. The maximum absolute atomic E-state index is 12.7. The van der Waals surface area contributed by atoms with E-state index in [4.69, 9.17) is 0 Å². The van der Waals surface area contributed by atoms with Crippen LogP contribution in [0.15, 0.2) is 36.7 Å². The van der Waals surface area contributed by atoms with Crippen LogP contribution in [0.1, 0.15) is 44.5 Å². The van der Waals surface area contributed by atoms with Crippen molar-refractivity contribution in [2.75, 3.05) is 23.1 Å². The number of nitrogens with one attached hydrogen (secondary N) is 2. The van der Waals surface area contributed by atoms with E-state index >= 15 is 0 Å². The van der Waals surface area contributed by atoms with E-state index in [9.17, 15) is 13.2 Å². The first-order chi connectivity index (χ1) is 13.8. The molecule has 0 spiro atoms. The number of hydrogen-bond acceptors (Lipinski definition) is 5. The summed E-state index contributed by atoms with van der Waals surface area (Å²) >= 11 is 1.57. The fourth-order valence-electron chi connectivity index (χ4n) is 2.91. The molecule has 0 fully saturated rings. The van der Waals surface area contributed by atoms with Gasteiger partial charge in [0.2, 0.25) is 15.9 Å². The van der Waals surface area contributed by atoms with Crippen molar-refractivity contribution in [2.45, 2.75) is 45.7 Å². The second-order valence-corrected chi connectivity index (χ2v) is 10.1. The molecule has 1 aromatic carbocycles. The van der Waals surface area contributed by atoms with Crippen molar-refractivity contribution >= 4 is 33.4 Å². The molecule has 1 atom stereocenters. The molecule has 0 aliphatic heterocycles. The topological polar surface area (TPSA) is 93.1 Å². The first-order valence-corrected chi connectivity index (χ1v) is 12.7. The molecule has 2 N–H and O–H groups in total. The Morgan fingerprint density at radius 2 is 2.07 bits per heavy atom. The van der Waals surface area contributed by atoms with Gasteiger partial charge in [-0.25, -0.2) is 18.1 Å². The van der Waals surface area contributed by atoms with Gasteiger partial charge in [-0.3, -0.25) is 4.79 Å². The van der Waals surface area contributed by atoms with E-state index in [-0.39, 0.29) is 11.7 Å². The normalized spacial score (nSPS) is 12.9. The average molecular weight is 439 g/mol. The SMILES string of the molecule is CCS(=O)(=O)NC(CCSC)C(=O)Nc1cccc(Cn2ccnc2C(C)C)c1. The third kappa shape index (κ3) is 7.17. The van der Waals surface area contributed by atoms with Gasteiger partial charge in [0.05, 0.1) is 5.75 Å². The van der Waals surface area contributed by atoms with Crippen LogP contribution in [-0.2, 0) is 21.4 Å². The highest BCUT2D eigenvalue weighted by Gasteiger charge is 2.23. The number of benzene rings is 1. The molecule has 1 amide bonds. The molecule has 2 aromatic rings. The summed E-state index contributed by atoms with van der Waals surface area (Å²) in [5.74, 6) is 1.60. The minimum Gasteiger partial charge on any atom is -0.330 e. The van der Waals surface area contributed by atoms with Crippen LogP contribution in [0.2, 0.25) is 0 Å². The lowest BCUT2D eigenvalue weighted by Gasteiger charge is -2.18. The first-order valence-electron chi connectivity index (χ1n) is 9.65. The van der Waals surface area contributed by atoms with Gasteiger partial charge in [-0.15, -0.1) is 0 Å². The molecule has 160 valence electrons. The van der Waals surface area contributed by atoms with Crippen molar-refractivity contribution < 1.29 is 13.2 Å². The Balaban J connectivity index is 2.12. The zero-order chi connectivity index (χ0) is 21.4. The summed E-state index contributed by atoms with van der Waals surface area (Å²) in [7, 11) is -3.47. The fraction of sp³-hybridized carbons (Fsp3) is 0.500. The molecule has 0 saturated carbocycles. The summed E-state index contributed by atoms with van der Waals surface area (Å²) < 4.78 is 28.5. The largest absolute Gasteiger partial charge is 0.330 e. The van der Waals surface area contributed by atoms with Crippen molar-refractivity contribution in [3.8, 4) is 0 Å². The van der Waals surface area contributed by atoms with Gasteiger partial charge in [-0.1, -0.05) is 26.0 Å². The predicted molar refractivity (Wildman–Crippen MR) is 120 cm³/mol. The van der Waals surface area contributed by atoms with Crippen molar-refractivity contribution in [3.05, 3.63) is 48.0 Å². The number of anilines is 1. The summed E-state index contributed by atoms with van der Waals surface area (Å²) in [4.78, 5) is 17.1. The summed E-state index contributed by atoms with van der Waals surface area (Å²) in [5, 5.41) is 2.85. The number of aromatic nitrogens is 2. The van der Waals surface area contributed by atoms with Crippen LogP contribution in [0, 0.1) is 0 Å². The third-order valence-corrected chi connectivity index (χ3v) is 6.49. The Bertz CT molecular complexity index is 910. The quantitative estimate of drug-likeness (QED) is 0.562. The molecule has 0 aliphatic rings. The Kier molecular flexibility index (Phi) is 8.73. The maximum Gasteiger partial charge on any atom is 0.242 e. The predicted octanol–water partition coefficient (Wildman–Crippen LogP) is 3.05. The summed E-state index contributed by atoms with van der Waals surface area (Å²) in [6.45, 7) is 6.40. The van der Waals surface area contributed by atoms with Gasteiger partial charge in [0.15, 0.2) is 0 Å². The molecule has 0 radical (unpaired) electrons. The molecular weight excluding hydrogens is 408 g/mol. The van der Waals surface area contributed by atoms with Gasteiger partial charge in [0.1, 0.15) is 11.9 Å². The molecule has 7 nitrogen and oxygen atoms in total. The minimum absolute atomic E-state index is 0.0609. The van der Waals surface area contributed by atoms with Gasteiger partial charge in [-0.05, 0) is 43.0 Å². The molecule has 0 bridgehead atoms. The lowest BCUT2D eigenvalue weighted by molar-refractivity contribution is -0.117. The van der Waals surface area contributed by atoms with Gasteiger partial charge in [0.25, 0.3) is 0 Å². The van der Waals surface area contributed by atoms with E-state index in [1.807, 2.05) is 30.7 Å². The van der Waals surface area contributed by atoms with E-state index in [0.29, 0.717) is 30.3 Å². The van der Waals surface area contributed by atoms with Crippen molar-refractivity contribution in [3.63, 3.8) is 0 Å². The molecule has 9 heteroatoms. The zero-order valence-electron chi connectivity index (χ0n) is 17.4. The summed E-state index contributed by atoms with van der Waals surface area (Å²) in [6.07, 6.45) is 6.09. The number of nitrogens with zero attached hydrogens (tertiary/aromatic N) is 2. The van der Waals surface area contributed by atoms with E-state index < -0.39 is 16.1 Å². The van der Waals surface area contributed by atoms with Crippen LogP contribution in [0.4, 0.5) is 5.69 Å². The van der Waals surface area contributed by atoms with Crippen LogP contribution in [0.3, 0.4) is 0 Å². The lowest BCUT2D eigenvalue weighted by Crippen LogP contribution is -2.44. The lowest BCUT2D eigenvalue weighted by atomic mass is 10.1. The van der Waals surface area contributed by atoms with Crippen LogP contribution >= 0.6 is 11.8 Å². The second-order valence-electron chi connectivity index (χ2n) is 7.11. The number of rotatable bonds is 11. The van der Waals surface area contributed by atoms with E-state index in [0.717, 1.165) is 11.4 Å². The Morgan fingerprint density at radius 3 is 2.72 bits per heavy atom. The average Bonchev–Trinajstić information content (AvgIpc) is 3.13. The molecule has 1 unspecified atom stereocenters. The number of imidazole rings is 1. The highest BCUT2D eigenvalue weighted by atomic mass is 32.2. The van der Waals surface area contributed by atoms with Gasteiger partial charge in [-0.2, -0.15) is 11.8 Å². The fourth-order valence-corrected chi connectivity index (χ4v) is 4.20. The third-order valence-electron chi connectivity index (χ3n) is 4.44. The molecule has 0 saturated heterocycles. The van der Waals surface area contributed by atoms with Gasteiger partial charge in [0, 0.05) is 30.5 Å². The molecule has 2 rings (SSSR count). The molecule has 1 aromatic heterocycles. The van der Waals surface area contributed by atoms with Gasteiger partial charge < -0.3 is 9.88 Å². The van der Waals surface area contributed by atoms with E-state index in [1.165, 1.54) is 0 Å². The minimum atomic E-state index is -3.47. The molecule has 0 aliphatic carbocycles. The number of thioether (sulfide) groups is 1. The Hall–Kier alpha value is -1.84. The number of amides is 1. The summed E-state index contributed by atoms with van der Waals surface area (Å²) in [5.41, 5.74) is 1.67. The molecule has 29 heavy (non-hydrogen) atoms. The molecule has 1 heterocycles. The second kappa shape index (κ2) is 10.8. The van der Waals surface area contributed by atoms with E-state index in [2.05, 4.69) is 33.4 Å². The standard InChI is InChI=1S/C20H30N4O3S2/c1-5-29(26,27)23-18(9-12-28-4)20(25)22-17-8-6-7-16(13-17)14-24-11-10-21-19(24)15(2)3/h6-8,10-11,13,15,18,23H,5,9,12,14H2,1-4H3,(H,22,25). The number of hydrogen-bond donors (Lipinski definition) is 2. The summed E-state index contributed by atoms with van der Waals surface area (Å²) in [6, 6.07) is 6.78. The van der Waals surface area contributed by atoms with Crippen LogP contribution in [-0.4, -0.2) is 47.7 Å². The molecular formula is C20H30N4O3S2. The Labute approximate surface area is 177 Å². The highest BCUT2D eigenvalue weighted by molar-refractivity contribution is 7.98. The smallest absolute Gasteiger partial charge is 0.242 e. The van der Waals surface area contributed by atoms with Gasteiger partial charge >= 0.3 is 0 Å². The zero-order valence-corrected chi connectivity index (χ0v) is 19.0. The number of carbonyl (C=O) groups is 1. The monoisotopic (exact) mass is 438 g/mol. The van der Waals surface area contributed by atoms with Crippen molar-refractivity contribution in [2.24, 2.45) is 0 Å². The number of sulfonamides is 1. The first kappa shape index (κ1) is 23.4. The van der Waals surface area contributed by atoms with Crippen LogP contribution < -0.4 is 10.0 Å². The van der Waals surface area contributed by atoms with Crippen molar-refractivity contribution in [1.29, 1.82) is 0 Å². The maximum atomic E-state index is 12.7. The van der Waals surface area contributed by atoms with E-state index in [1.54, 1.807) is 30.9 Å².